The second-order valence-corrected chi connectivity index (χ2v) is 3.98. The fourth-order valence-corrected chi connectivity index (χ4v) is 2.07. The molecule has 0 aromatic rings. The molecule has 88 valence electrons. The van der Waals surface area contributed by atoms with Crippen LogP contribution in [0.5, 0.6) is 0 Å². The molecule has 1 aliphatic carbocycles. The Hall–Kier alpha value is -1.65. The Balaban J connectivity index is 3.31. The van der Waals surface area contributed by atoms with E-state index in [-0.39, 0.29) is 5.57 Å². The van der Waals surface area contributed by atoms with Crippen molar-refractivity contribution < 1.29 is 24.2 Å². The van der Waals surface area contributed by atoms with Crippen molar-refractivity contribution in [1.82, 2.24) is 0 Å². The Kier molecular flexibility index (Phi) is 3.16. The molecule has 0 aromatic heterocycles. The predicted octanol–water partition coefficient (Wildman–Crippen LogP) is 1.98. The lowest BCUT2D eigenvalue weighted by Crippen LogP contribution is -2.38. The zero-order valence-electron chi connectivity index (χ0n) is 9.03. The molecular weight excluding hydrogens is 215 g/mol. The van der Waals surface area contributed by atoms with Gasteiger partial charge >= 0.3 is 11.9 Å². The van der Waals surface area contributed by atoms with Gasteiger partial charge in [-0.2, -0.15) is 0 Å². The molecule has 1 rings (SSSR count). The molecule has 0 heterocycles. The van der Waals surface area contributed by atoms with E-state index in [9.17, 15) is 14.0 Å². The van der Waals surface area contributed by atoms with Gasteiger partial charge in [0.2, 0.25) is 0 Å². The van der Waals surface area contributed by atoms with Gasteiger partial charge in [-0.1, -0.05) is 6.92 Å². The van der Waals surface area contributed by atoms with Crippen LogP contribution < -0.4 is 0 Å². The van der Waals surface area contributed by atoms with Crippen molar-refractivity contribution in [3.05, 3.63) is 23.6 Å². The second kappa shape index (κ2) is 4.08. The summed E-state index contributed by atoms with van der Waals surface area (Å²) in [5.74, 6) is -4.03. The lowest BCUT2D eigenvalue weighted by atomic mass is 9.69. The first-order valence-electron chi connectivity index (χ1n) is 4.89. The third-order valence-corrected chi connectivity index (χ3v) is 2.95. The largest absolute Gasteiger partial charge is 0.481 e. The molecule has 0 saturated carbocycles. The summed E-state index contributed by atoms with van der Waals surface area (Å²) >= 11 is 0. The highest BCUT2D eigenvalue weighted by atomic mass is 19.1. The van der Waals surface area contributed by atoms with Crippen molar-refractivity contribution in [1.29, 1.82) is 0 Å². The number of rotatable bonds is 3. The Morgan fingerprint density at radius 1 is 1.50 bits per heavy atom. The molecule has 0 bridgehead atoms. The summed E-state index contributed by atoms with van der Waals surface area (Å²) in [6, 6.07) is 0. The summed E-state index contributed by atoms with van der Waals surface area (Å²) in [5, 5.41) is 18.0. The number of hydrogen-bond acceptors (Lipinski definition) is 2. The number of carboxylic acid groups (broad SMARTS) is 2. The number of halogens is 1. The fourth-order valence-electron chi connectivity index (χ4n) is 2.07. The fraction of sp³-hybridized carbons (Fsp3) is 0.455. The van der Waals surface area contributed by atoms with Gasteiger partial charge in [0.05, 0.1) is 5.41 Å². The molecule has 0 spiro atoms. The predicted molar refractivity (Wildman–Crippen MR) is 54.4 cm³/mol. The monoisotopic (exact) mass is 228 g/mol. The SMILES string of the molecule is CCC1C(C(=O)O)=CC(F)=CC1(C)C(=O)O. The lowest BCUT2D eigenvalue weighted by molar-refractivity contribution is -0.148. The number of aliphatic carboxylic acids is 2. The average molecular weight is 228 g/mol. The van der Waals surface area contributed by atoms with E-state index in [0.29, 0.717) is 6.42 Å². The van der Waals surface area contributed by atoms with E-state index >= 15 is 0 Å². The summed E-state index contributed by atoms with van der Waals surface area (Å²) in [4.78, 5) is 22.1. The van der Waals surface area contributed by atoms with Gasteiger partial charge in [-0.25, -0.2) is 9.18 Å². The van der Waals surface area contributed by atoms with E-state index in [2.05, 4.69) is 0 Å². The zero-order chi connectivity index (χ0) is 12.5. The molecule has 0 aliphatic heterocycles. The van der Waals surface area contributed by atoms with Crippen LogP contribution in [0.1, 0.15) is 20.3 Å². The van der Waals surface area contributed by atoms with Gasteiger partial charge in [0.1, 0.15) is 5.83 Å². The molecule has 0 amide bonds. The van der Waals surface area contributed by atoms with Gasteiger partial charge in [-0.3, -0.25) is 4.79 Å². The van der Waals surface area contributed by atoms with Crippen LogP contribution in [0.3, 0.4) is 0 Å². The molecule has 2 N–H and O–H groups in total. The van der Waals surface area contributed by atoms with E-state index in [1.807, 2.05) is 0 Å². The molecule has 2 atom stereocenters. The Bertz CT molecular complexity index is 397. The Morgan fingerprint density at radius 2 is 2.06 bits per heavy atom. The minimum Gasteiger partial charge on any atom is -0.481 e. The average Bonchev–Trinajstić information content (AvgIpc) is 2.16. The standard InChI is InChI=1S/C11H13FO4/c1-3-8-7(9(13)14)4-6(12)5-11(8,2)10(15)16/h4-5,8H,3H2,1-2H3,(H,13,14)(H,15,16). The minimum absolute atomic E-state index is 0.188. The third kappa shape index (κ3) is 1.85. The van der Waals surface area contributed by atoms with E-state index in [0.717, 1.165) is 12.2 Å². The van der Waals surface area contributed by atoms with Crippen LogP contribution in [0.15, 0.2) is 23.6 Å². The van der Waals surface area contributed by atoms with Crippen molar-refractivity contribution in [2.45, 2.75) is 20.3 Å². The quantitative estimate of drug-likeness (QED) is 0.774. The normalized spacial score (nSPS) is 29.3. The van der Waals surface area contributed by atoms with E-state index in [1.54, 1.807) is 6.92 Å². The molecular formula is C11H13FO4. The highest BCUT2D eigenvalue weighted by molar-refractivity contribution is 5.91. The van der Waals surface area contributed by atoms with Gasteiger partial charge in [-0.15, -0.1) is 0 Å². The summed E-state index contributed by atoms with van der Waals surface area (Å²) < 4.78 is 13.2. The van der Waals surface area contributed by atoms with Crippen molar-refractivity contribution in [3.8, 4) is 0 Å². The number of carboxylic acids is 2. The smallest absolute Gasteiger partial charge is 0.331 e. The van der Waals surface area contributed by atoms with Crippen LogP contribution in [0.2, 0.25) is 0 Å². The van der Waals surface area contributed by atoms with Crippen molar-refractivity contribution >= 4 is 11.9 Å². The highest BCUT2D eigenvalue weighted by Crippen LogP contribution is 2.42. The third-order valence-electron chi connectivity index (χ3n) is 2.95. The van der Waals surface area contributed by atoms with Crippen molar-refractivity contribution in [2.24, 2.45) is 11.3 Å². The van der Waals surface area contributed by atoms with Crippen LogP contribution in [0.4, 0.5) is 4.39 Å². The molecule has 0 radical (unpaired) electrons. The topological polar surface area (TPSA) is 74.6 Å². The van der Waals surface area contributed by atoms with Gasteiger partial charge in [0.15, 0.2) is 0 Å². The summed E-state index contributed by atoms with van der Waals surface area (Å²) in [7, 11) is 0. The van der Waals surface area contributed by atoms with Crippen LogP contribution >= 0.6 is 0 Å². The van der Waals surface area contributed by atoms with Gasteiger partial charge < -0.3 is 10.2 Å². The van der Waals surface area contributed by atoms with E-state index in [1.165, 1.54) is 6.92 Å². The van der Waals surface area contributed by atoms with Crippen LogP contribution in [-0.2, 0) is 9.59 Å². The summed E-state index contributed by atoms with van der Waals surface area (Å²) in [6.07, 6.45) is 2.18. The maximum Gasteiger partial charge on any atom is 0.331 e. The van der Waals surface area contributed by atoms with Crippen molar-refractivity contribution in [3.63, 3.8) is 0 Å². The molecule has 16 heavy (non-hydrogen) atoms. The maximum atomic E-state index is 13.2. The lowest BCUT2D eigenvalue weighted by Gasteiger charge is -2.33. The van der Waals surface area contributed by atoms with Gasteiger partial charge in [0.25, 0.3) is 0 Å². The van der Waals surface area contributed by atoms with Crippen LogP contribution in [0, 0.1) is 11.3 Å². The molecule has 0 saturated heterocycles. The first-order valence-corrected chi connectivity index (χ1v) is 4.89. The highest BCUT2D eigenvalue weighted by Gasteiger charge is 2.45. The zero-order valence-corrected chi connectivity index (χ0v) is 9.03. The number of carbonyl (C=O) groups is 2. The molecule has 0 fully saturated rings. The molecule has 5 heteroatoms. The van der Waals surface area contributed by atoms with Gasteiger partial charge in [0, 0.05) is 11.5 Å². The van der Waals surface area contributed by atoms with Crippen LogP contribution in [-0.4, -0.2) is 22.2 Å². The maximum absolute atomic E-state index is 13.2. The molecule has 4 nitrogen and oxygen atoms in total. The molecule has 0 aromatic carbocycles. The van der Waals surface area contributed by atoms with E-state index < -0.39 is 29.1 Å². The molecule has 2 unspecified atom stereocenters. The number of hydrogen-bond donors (Lipinski definition) is 2. The molecule has 1 aliphatic rings. The first kappa shape index (κ1) is 12.4. The Labute approximate surface area is 92.1 Å². The Morgan fingerprint density at radius 3 is 2.44 bits per heavy atom. The second-order valence-electron chi connectivity index (χ2n) is 3.98. The first-order chi connectivity index (χ1) is 7.32. The van der Waals surface area contributed by atoms with Crippen molar-refractivity contribution in [2.75, 3.05) is 0 Å². The number of allylic oxidation sites excluding steroid dienone is 2. The summed E-state index contributed by atoms with van der Waals surface area (Å²) in [6.45, 7) is 3.01. The summed E-state index contributed by atoms with van der Waals surface area (Å²) in [5.41, 5.74) is -1.69. The van der Waals surface area contributed by atoms with Crippen LogP contribution in [0.25, 0.3) is 0 Å². The van der Waals surface area contributed by atoms with E-state index in [4.69, 9.17) is 10.2 Å². The minimum atomic E-state index is -1.50. The van der Waals surface area contributed by atoms with Gasteiger partial charge in [-0.05, 0) is 25.5 Å².